The van der Waals surface area contributed by atoms with Gasteiger partial charge in [-0.15, -0.1) is 0 Å². The fourth-order valence-electron chi connectivity index (χ4n) is 1.05. The molecular formula is C10H15NO3S. The van der Waals surface area contributed by atoms with Crippen LogP contribution in [0.2, 0.25) is 0 Å². The average molecular weight is 229 g/mol. The largest absolute Gasteiger partial charge is 0.480 e. The lowest BCUT2D eigenvalue weighted by atomic mass is 10.2. The Balaban J connectivity index is 2.17. The Bertz CT molecular complexity index is 324. The van der Waals surface area contributed by atoms with Crippen LogP contribution in [0.25, 0.3) is 0 Å². The Kier molecular flexibility index (Phi) is 4.71. The summed E-state index contributed by atoms with van der Waals surface area (Å²) in [6.45, 7) is 1.99. The summed E-state index contributed by atoms with van der Waals surface area (Å²) in [7, 11) is 0. The maximum absolute atomic E-state index is 10.4. The third-order valence-corrected chi connectivity index (χ3v) is 3.08. The van der Waals surface area contributed by atoms with Gasteiger partial charge < -0.3 is 15.3 Å². The van der Waals surface area contributed by atoms with Gasteiger partial charge >= 0.3 is 5.97 Å². The van der Waals surface area contributed by atoms with Crippen molar-refractivity contribution in [2.24, 2.45) is 5.73 Å². The van der Waals surface area contributed by atoms with E-state index < -0.39 is 12.0 Å². The van der Waals surface area contributed by atoms with Crippen LogP contribution in [0.1, 0.15) is 17.7 Å². The smallest absolute Gasteiger partial charge is 0.320 e. The van der Waals surface area contributed by atoms with Gasteiger partial charge in [-0.25, -0.2) is 0 Å². The van der Waals surface area contributed by atoms with E-state index >= 15 is 0 Å². The highest BCUT2D eigenvalue weighted by atomic mass is 32.2. The first-order valence-corrected chi connectivity index (χ1v) is 5.86. The Labute approximate surface area is 92.8 Å². The van der Waals surface area contributed by atoms with Crippen LogP contribution in [0.4, 0.5) is 0 Å². The molecule has 3 N–H and O–H groups in total. The maximum atomic E-state index is 10.4. The molecule has 4 nitrogen and oxygen atoms in total. The van der Waals surface area contributed by atoms with E-state index in [-0.39, 0.29) is 0 Å². The van der Waals surface area contributed by atoms with Crippen LogP contribution in [0, 0.1) is 6.92 Å². The Morgan fingerprint density at radius 2 is 2.47 bits per heavy atom. The molecule has 0 saturated carbocycles. The molecule has 84 valence electrons. The van der Waals surface area contributed by atoms with E-state index in [4.69, 9.17) is 15.3 Å². The molecule has 1 aromatic heterocycles. The van der Waals surface area contributed by atoms with Gasteiger partial charge in [0.25, 0.3) is 0 Å². The van der Waals surface area contributed by atoms with Crippen LogP contribution < -0.4 is 5.73 Å². The summed E-state index contributed by atoms with van der Waals surface area (Å²) in [4.78, 5) is 10.4. The number of carboxylic acids is 1. The van der Waals surface area contributed by atoms with Gasteiger partial charge in [0, 0.05) is 0 Å². The van der Waals surface area contributed by atoms with E-state index in [0.29, 0.717) is 6.42 Å². The number of rotatable bonds is 6. The first-order chi connectivity index (χ1) is 7.11. The Morgan fingerprint density at radius 1 is 1.73 bits per heavy atom. The van der Waals surface area contributed by atoms with Crippen molar-refractivity contribution in [3.8, 4) is 0 Å². The van der Waals surface area contributed by atoms with Gasteiger partial charge in [-0.1, -0.05) is 0 Å². The molecule has 15 heavy (non-hydrogen) atoms. The number of hydrogen-bond acceptors (Lipinski definition) is 4. The molecule has 1 heterocycles. The summed E-state index contributed by atoms with van der Waals surface area (Å²) in [5, 5.41) is 8.56. The van der Waals surface area contributed by atoms with Crippen molar-refractivity contribution in [3.05, 3.63) is 23.7 Å². The zero-order chi connectivity index (χ0) is 11.3. The number of carboxylic acid groups (broad SMARTS) is 1. The number of aliphatic carboxylic acids is 1. The first-order valence-electron chi connectivity index (χ1n) is 4.70. The minimum Gasteiger partial charge on any atom is -0.480 e. The van der Waals surface area contributed by atoms with E-state index in [1.807, 2.05) is 13.0 Å². The molecule has 0 amide bonds. The predicted octanol–water partition coefficient (Wildman–Crippen LogP) is 1.62. The molecule has 1 aromatic rings. The van der Waals surface area contributed by atoms with Gasteiger partial charge in [-0.2, -0.15) is 11.8 Å². The number of carbonyl (C=O) groups is 1. The highest BCUT2D eigenvalue weighted by Gasteiger charge is 2.10. The zero-order valence-corrected chi connectivity index (χ0v) is 9.42. The first kappa shape index (κ1) is 12.1. The highest BCUT2D eigenvalue weighted by Crippen LogP contribution is 2.17. The second-order valence-electron chi connectivity index (χ2n) is 3.31. The van der Waals surface area contributed by atoms with Crippen LogP contribution in [0.15, 0.2) is 16.7 Å². The molecule has 5 heteroatoms. The molecule has 0 saturated heterocycles. The van der Waals surface area contributed by atoms with Gasteiger partial charge in [0.05, 0.1) is 12.0 Å². The average Bonchev–Trinajstić information content (AvgIpc) is 2.58. The fraction of sp³-hybridized carbons (Fsp3) is 0.500. The predicted molar refractivity (Wildman–Crippen MR) is 59.8 cm³/mol. The summed E-state index contributed by atoms with van der Waals surface area (Å²) in [5.74, 6) is 1.51. The molecule has 0 bridgehead atoms. The molecular weight excluding hydrogens is 214 g/mol. The number of thioether (sulfide) groups is 1. The SMILES string of the molecule is Cc1ccoc1CSCCC(N)C(=O)O. The number of furan rings is 1. The van der Waals surface area contributed by atoms with Crippen LogP contribution >= 0.6 is 11.8 Å². The van der Waals surface area contributed by atoms with Crippen LogP contribution in [0.3, 0.4) is 0 Å². The molecule has 0 spiro atoms. The summed E-state index contributed by atoms with van der Waals surface area (Å²) in [6, 6.07) is 1.16. The minimum absolute atomic E-state index is 0.486. The minimum atomic E-state index is -0.940. The third kappa shape index (κ3) is 3.97. The Hall–Kier alpha value is -0.940. The van der Waals surface area contributed by atoms with Gasteiger partial charge in [0.15, 0.2) is 0 Å². The fourth-order valence-corrected chi connectivity index (χ4v) is 2.10. The van der Waals surface area contributed by atoms with E-state index in [1.165, 1.54) is 0 Å². The quantitative estimate of drug-likeness (QED) is 0.725. The Morgan fingerprint density at radius 3 is 3.00 bits per heavy atom. The second kappa shape index (κ2) is 5.82. The standard InChI is InChI=1S/C10H15NO3S/c1-7-2-4-14-9(7)6-15-5-3-8(11)10(12)13/h2,4,8H,3,5-6,11H2,1H3,(H,12,13). The van der Waals surface area contributed by atoms with Gasteiger partial charge in [-0.3, -0.25) is 4.79 Å². The van der Waals surface area contributed by atoms with Crippen molar-refractivity contribution in [1.29, 1.82) is 0 Å². The molecule has 0 aliphatic carbocycles. The molecule has 0 radical (unpaired) electrons. The molecule has 0 aliphatic rings. The van der Waals surface area contributed by atoms with Gasteiger partial charge in [0.1, 0.15) is 11.8 Å². The van der Waals surface area contributed by atoms with E-state index in [9.17, 15) is 4.79 Å². The van der Waals surface area contributed by atoms with Crippen LogP contribution in [0.5, 0.6) is 0 Å². The molecule has 0 aliphatic heterocycles. The summed E-state index contributed by atoms with van der Waals surface area (Å²) < 4.78 is 5.25. The van der Waals surface area contributed by atoms with E-state index in [1.54, 1.807) is 18.0 Å². The third-order valence-electron chi connectivity index (χ3n) is 2.09. The molecule has 0 fully saturated rings. The maximum Gasteiger partial charge on any atom is 0.320 e. The molecule has 1 unspecified atom stereocenters. The molecule has 1 atom stereocenters. The summed E-state index contributed by atoms with van der Waals surface area (Å²) in [6.07, 6.45) is 2.15. The normalized spacial score (nSPS) is 12.7. The number of nitrogens with two attached hydrogens (primary N) is 1. The number of hydrogen-bond donors (Lipinski definition) is 2. The molecule has 0 aromatic carbocycles. The zero-order valence-electron chi connectivity index (χ0n) is 8.60. The topological polar surface area (TPSA) is 76.5 Å². The van der Waals surface area contributed by atoms with Gasteiger partial charge in [0.2, 0.25) is 0 Å². The van der Waals surface area contributed by atoms with Crippen molar-refractivity contribution >= 4 is 17.7 Å². The van der Waals surface area contributed by atoms with E-state index in [2.05, 4.69) is 0 Å². The lowest BCUT2D eigenvalue weighted by molar-refractivity contribution is -0.138. The lowest BCUT2D eigenvalue weighted by Gasteiger charge is -2.05. The molecule has 1 rings (SSSR count). The second-order valence-corrected chi connectivity index (χ2v) is 4.42. The van der Waals surface area contributed by atoms with Crippen molar-refractivity contribution < 1.29 is 14.3 Å². The van der Waals surface area contributed by atoms with Crippen LogP contribution in [-0.2, 0) is 10.5 Å². The monoisotopic (exact) mass is 229 g/mol. The van der Waals surface area contributed by atoms with Crippen molar-refractivity contribution in [2.45, 2.75) is 25.1 Å². The van der Waals surface area contributed by atoms with E-state index in [0.717, 1.165) is 22.8 Å². The summed E-state index contributed by atoms with van der Waals surface area (Å²) in [5.41, 5.74) is 6.50. The van der Waals surface area contributed by atoms with Gasteiger partial charge in [-0.05, 0) is 30.7 Å². The van der Waals surface area contributed by atoms with Crippen LogP contribution in [-0.4, -0.2) is 22.9 Å². The highest BCUT2D eigenvalue weighted by molar-refractivity contribution is 7.98. The van der Waals surface area contributed by atoms with Crippen molar-refractivity contribution in [2.75, 3.05) is 5.75 Å². The lowest BCUT2D eigenvalue weighted by Crippen LogP contribution is -2.30. The van der Waals surface area contributed by atoms with Crippen molar-refractivity contribution in [3.63, 3.8) is 0 Å². The summed E-state index contributed by atoms with van der Waals surface area (Å²) >= 11 is 1.63. The number of aryl methyl sites for hydroxylation is 1. The van der Waals surface area contributed by atoms with Crippen molar-refractivity contribution in [1.82, 2.24) is 0 Å².